The maximum atomic E-state index is 13.4. The first-order valence-electron chi connectivity index (χ1n) is 5.11. The summed E-state index contributed by atoms with van der Waals surface area (Å²) < 4.78 is 18.8. The Morgan fingerprint density at radius 2 is 1.67 bits per heavy atom. The number of para-hydroxylation sites is 1. The van der Waals surface area contributed by atoms with E-state index in [4.69, 9.17) is 15.3 Å². The van der Waals surface area contributed by atoms with Crippen molar-refractivity contribution in [2.75, 3.05) is 0 Å². The van der Waals surface area contributed by atoms with E-state index in [0.29, 0.717) is 11.3 Å². The zero-order valence-corrected chi connectivity index (χ0v) is 9.22. The van der Waals surface area contributed by atoms with E-state index >= 15 is 0 Å². The topological polar surface area (TPSA) is 56.8 Å². The van der Waals surface area contributed by atoms with E-state index in [1.807, 2.05) is 6.07 Å². The zero-order chi connectivity index (χ0) is 13.0. The number of hydrogen-bond acceptors (Lipinski definition) is 3. The molecule has 2 rings (SSSR count). The summed E-state index contributed by atoms with van der Waals surface area (Å²) in [6.45, 7) is 0. The minimum absolute atomic E-state index is 0.0454. The van der Waals surface area contributed by atoms with Crippen LogP contribution in [-0.4, -0.2) is 0 Å². The standard InChI is InChI=1S/C14H7FN2O/c15-13-7-12(6-5-10(13)8-16)18-14-4-2-1-3-11(14)9-17/h1-7H. The van der Waals surface area contributed by atoms with Crippen molar-refractivity contribution in [3.63, 3.8) is 0 Å². The number of benzene rings is 2. The van der Waals surface area contributed by atoms with Crippen molar-refractivity contribution >= 4 is 0 Å². The molecule has 18 heavy (non-hydrogen) atoms. The van der Waals surface area contributed by atoms with Gasteiger partial charge in [0, 0.05) is 6.07 Å². The normalized spacial score (nSPS) is 9.28. The average Bonchev–Trinajstić information content (AvgIpc) is 2.39. The highest BCUT2D eigenvalue weighted by molar-refractivity contribution is 5.46. The van der Waals surface area contributed by atoms with Crippen molar-refractivity contribution in [3.8, 4) is 23.6 Å². The van der Waals surface area contributed by atoms with Crippen molar-refractivity contribution in [2.45, 2.75) is 0 Å². The van der Waals surface area contributed by atoms with Gasteiger partial charge in [0.25, 0.3) is 0 Å². The van der Waals surface area contributed by atoms with Crippen molar-refractivity contribution < 1.29 is 9.13 Å². The molecule has 0 atom stereocenters. The monoisotopic (exact) mass is 238 g/mol. The van der Waals surface area contributed by atoms with E-state index in [2.05, 4.69) is 0 Å². The van der Waals surface area contributed by atoms with Gasteiger partial charge in [-0.25, -0.2) is 4.39 Å². The molecule has 3 nitrogen and oxygen atoms in total. The molecule has 0 amide bonds. The molecule has 0 aliphatic rings. The third kappa shape index (κ3) is 2.28. The van der Waals surface area contributed by atoms with Gasteiger partial charge in [-0.3, -0.25) is 0 Å². The maximum absolute atomic E-state index is 13.4. The van der Waals surface area contributed by atoms with Gasteiger partial charge in [0.2, 0.25) is 0 Å². The molecule has 0 heterocycles. The third-order valence-electron chi connectivity index (χ3n) is 2.30. The molecule has 0 fully saturated rings. The molecule has 4 heteroatoms. The van der Waals surface area contributed by atoms with E-state index in [1.54, 1.807) is 30.3 Å². The highest BCUT2D eigenvalue weighted by Gasteiger charge is 2.06. The molecule has 2 aromatic rings. The molecule has 0 aromatic heterocycles. The predicted octanol–water partition coefficient (Wildman–Crippen LogP) is 3.36. The van der Waals surface area contributed by atoms with E-state index in [1.165, 1.54) is 12.1 Å². The van der Waals surface area contributed by atoms with Crippen LogP contribution in [0, 0.1) is 28.5 Å². The van der Waals surface area contributed by atoms with Gasteiger partial charge < -0.3 is 4.74 Å². The summed E-state index contributed by atoms with van der Waals surface area (Å²) in [5.74, 6) is -0.0530. The fourth-order valence-electron chi connectivity index (χ4n) is 1.42. The molecule has 0 bridgehead atoms. The molecule has 0 saturated heterocycles. The van der Waals surface area contributed by atoms with Gasteiger partial charge in [-0.2, -0.15) is 10.5 Å². The van der Waals surface area contributed by atoms with Crippen LogP contribution in [0.15, 0.2) is 42.5 Å². The molecule has 0 radical (unpaired) electrons. The third-order valence-corrected chi connectivity index (χ3v) is 2.30. The van der Waals surface area contributed by atoms with Gasteiger partial charge in [-0.05, 0) is 24.3 Å². The number of nitrogens with zero attached hydrogens (tertiary/aromatic N) is 2. The lowest BCUT2D eigenvalue weighted by atomic mass is 10.2. The number of hydrogen-bond donors (Lipinski definition) is 0. The minimum Gasteiger partial charge on any atom is -0.456 e. The predicted molar refractivity (Wildman–Crippen MR) is 62.3 cm³/mol. The van der Waals surface area contributed by atoms with Crippen LogP contribution in [0.3, 0.4) is 0 Å². The maximum Gasteiger partial charge on any atom is 0.145 e. The largest absolute Gasteiger partial charge is 0.456 e. The summed E-state index contributed by atoms with van der Waals surface area (Å²) in [5, 5.41) is 17.5. The highest BCUT2D eigenvalue weighted by atomic mass is 19.1. The summed E-state index contributed by atoms with van der Waals surface area (Å²) >= 11 is 0. The van der Waals surface area contributed by atoms with Crippen molar-refractivity contribution in [1.29, 1.82) is 10.5 Å². The SMILES string of the molecule is N#Cc1ccc(Oc2ccccc2C#N)cc1F. The Labute approximate surface area is 103 Å². The molecular formula is C14H7FN2O. The summed E-state index contributed by atoms with van der Waals surface area (Å²) in [4.78, 5) is 0. The van der Waals surface area contributed by atoms with Gasteiger partial charge in [0.15, 0.2) is 0 Å². The number of ether oxygens (including phenoxy) is 1. The first kappa shape index (κ1) is 11.6. The van der Waals surface area contributed by atoms with Crippen LogP contribution in [-0.2, 0) is 0 Å². The average molecular weight is 238 g/mol. The van der Waals surface area contributed by atoms with Gasteiger partial charge in [0.1, 0.15) is 29.5 Å². The lowest BCUT2D eigenvalue weighted by molar-refractivity contribution is 0.475. The molecule has 0 N–H and O–H groups in total. The Bertz CT molecular complexity index is 668. The summed E-state index contributed by atoms with van der Waals surface area (Å²) in [5.41, 5.74) is 0.318. The Morgan fingerprint density at radius 3 is 2.33 bits per heavy atom. The fourth-order valence-corrected chi connectivity index (χ4v) is 1.42. The smallest absolute Gasteiger partial charge is 0.145 e. The van der Waals surface area contributed by atoms with Crippen LogP contribution >= 0.6 is 0 Å². The lowest BCUT2D eigenvalue weighted by Gasteiger charge is -2.07. The first-order chi connectivity index (χ1) is 8.74. The Kier molecular flexibility index (Phi) is 3.22. The second-order valence-corrected chi connectivity index (χ2v) is 3.46. The summed E-state index contributed by atoms with van der Waals surface area (Å²) in [6, 6.07) is 14.3. The first-order valence-corrected chi connectivity index (χ1v) is 5.11. The number of nitriles is 2. The molecule has 86 valence electrons. The highest BCUT2D eigenvalue weighted by Crippen LogP contribution is 2.25. The minimum atomic E-state index is -0.649. The van der Waals surface area contributed by atoms with Gasteiger partial charge >= 0.3 is 0 Å². The number of halogens is 1. The Morgan fingerprint density at radius 1 is 0.944 bits per heavy atom. The van der Waals surface area contributed by atoms with Crippen LogP contribution in [0.5, 0.6) is 11.5 Å². The molecule has 0 aliphatic heterocycles. The van der Waals surface area contributed by atoms with E-state index in [9.17, 15) is 4.39 Å². The summed E-state index contributed by atoms with van der Waals surface area (Å²) in [7, 11) is 0. The van der Waals surface area contributed by atoms with E-state index in [0.717, 1.165) is 6.07 Å². The second-order valence-electron chi connectivity index (χ2n) is 3.46. The zero-order valence-electron chi connectivity index (χ0n) is 9.22. The van der Waals surface area contributed by atoms with Crippen LogP contribution < -0.4 is 4.74 Å². The quantitative estimate of drug-likeness (QED) is 0.805. The number of rotatable bonds is 2. The molecule has 0 aliphatic carbocycles. The van der Waals surface area contributed by atoms with Crippen molar-refractivity contribution in [1.82, 2.24) is 0 Å². The van der Waals surface area contributed by atoms with Crippen molar-refractivity contribution in [2.24, 2.45) is 0 Å². The van der Waals surface area contributed by atoms with Gasteiger partial charge in [0.05, 0.1) is 11.1 Å². The summed E-state index contributed by atoms with van der Waals surface area (Å²) in [6.07, 6.45) is 0. The van der Waals surface area contributed by atoms with Crippen molar-refractivity contribution in [3.05, 3.63) is 59.4 Å². The molecule has 2 aromatic carbocycles. The van der Waals surface area contributed by atoms with E-state index in [-0.39, 0.29) is 11.3 Å². The second kappa shape index (κ2) is 4.99. The van der Waals surface area contributed by atoms with Crippen LogP contribution in [0.2, 0.25) is 0 Å². The van der Waals surface area contributed by atoms with Gasteiger partial charge in [-0.1, -0.05) is 12.1 Å². The lowest BCUT2D eigenvalue weighted by Crippen LogP contribution is -1.90. The van der Waals surface area contributed by atoms with E-state index < -0.39 is 5.82 Å². The van der Waals surface area contributed by atoms with Gasteiger partial charge in [-0.15, -0.1) is 0 Å². The van der Waals surface area contributed by atoms with Crippen LogP contribution in [0.25, 0.3) is 0 Å². The Hall–Kier alpha value is -2.85. The van der Waals surface area contributed by atoms with Crippen LogP contribution in [0.1, 0.15) is 11.1 Å². The fraction of sp³-hybridized carbons (Fsp3) is 0. The molecule has 0 saturated carbocycles. The molecular weight excluding hydrogens is 231 g/mol. The van der Waals surface area contributed by atoms with Crippen LogP contribution in [0.4, 0.5) is 4.39 Å². The molecule has 0 spiro atoms. The Balaban J connectivity index is 2.33. The molecule has 0 unspecified atom stereocenters.